The van der Waals surface area contributed by atoms with Crippen LogP contribution in [0.3, 0.4) is 0 Å². The maximum absolute atomic E-state index is 13.3. The van der Waals surface area contributed by atoms with E-state index in [1.807, 2.05) is 19.3 Å². The van der Waals surface area contributed by atoms with E-state index in [1.54, 1.807) is 16.8 Å². The predicted octanol–water partition coefficient (Wildman–Crippen LogP) is 1.29. The summed E-state index contributed by atoms with van der Waals surface area (Å²) < 4.78 is 15.0. The van der Waals surface area contributed by atoms with Crippen LogP contribution < -0.4 is 10.6 Å². The number of halogens is 1. The molecule has 0 aliphatic carbocycles. The lowest BCUT2D eigenvalue weighted by Crippen LogP contribution is -2.28. The minimum Gasteiger partial charge on any atom is -0.322 e. The summed E-state index contributed by atoms with van der Waals surface area (Å²) in [4.78, 5) is 11.6. The summed E-state index contributed by atoms with van der Waals surface area (Å²) in [5, 5.41) is 9.61. The first-order valence-electron chi connectivity index (χ1n) is 5.89. The van der Waals surface area contributed by atoms with Crippen LogP contribution >= 0.6 is 0 Å². The Balaban J connectivity index is 1.77. The molecule has 0 bridgehead atoms. The number of para-hydroxylation sites is 1. The molecule has 1 aromatic carbocycles. The van der Waals surface area contributed by atoms with Gasteiger partial charge in [0.2, 0.25) is 5.91 Å². The quantitative estimate of drug-likeness (QED) is 0.853. The molecule has 2 aromatic rings. The van der Waals surface area contributed by atoms with Gasteiger partial charge in [-0.3, -0.25) is 9.48 Å². The van der Waals surface area contributed by atoms with Crippen LogP contribution in [0.4, 0.5) is 10.1 Å². The minimum absolute atomic E-state index is 0.102. The topological polar surface area (TPSA) is 59.0 Å². The van der Waals surface area contributed by atoms with Crippen molar-refractivity contribution >= 4 is 11.6 Å². The number of carbonyl (C=O) groups is 1. The molecule has 1 aromatic heterocycles. The van der Waals surface area contributed by atoms with E-state index in [-0.39, 0.29) is 18.1 Å². The molecule has 0 radical (unpaired) electrons. The lowest BCUT2D eigenvalue weighted by molar-refractivity contribution is -0.115. The van der Waals surface area contributed by atoms with Crippen molar-refractivity contribution in [3.8, 4) is 0 Å². The third-order valence-corrected chi connectivity index (χ3v) is 2.51. The number of carbonyl (C=O) groups excluding carboxylic acids is 1. The average molecular weight is 262 g/mol. The summed E-state index contributed by atoms with van der Waals surface area (Å²) in [5.74, 6) is -0.735. The minimum atomic E-state index is -0.444. The molecule has 0 unspecified atom stereocenters. The Bertz CT molecular complexity index is 567. The fourth-order valence-electron chi connectivity index (χ4n) is 1.62. The van der Waals surface area contributed by atoms with Crippen molar-refractivity contribution in [3.63, 3.8) is 0 Å². The highest BCUT2D eigenvalue weighted by Crippen LogP contribution is 2.11. The molecule has 0 aliphatic heterocycles. The lowest BCUT2D eigenvalue weighted by atomic mass is 10.3. The predicted molar refractivity (Wildman–Crippen MR) is 69.9 cm³/mol. The van der Waals surface area contributed by atoms with Gasteiger partial charge in [-0.2, -0.15) is 5.10 Å². The Labute approximate surface area is 110 Å². The van der Waals surface area contributed by atoms with Gasteiger partial charge in [0, 0.05) is 19.8 Å². The molecule has 19 heavy (non-hydrogen) atoms. The first-order valence-corrected chi connectivity index (χ1v) is 5.89. The van der Waals surface area contributed by atoms with Gasteiger partial charge in [0.05, 0.1) is 17.9 Å². The van der Waals surface area contributed by atoms with Gasteiger partial charge in [-0.05, 0) is 18.2 Å². The zero-order valence-corrected chi connectivity index (χ0v) is 10.6. The number of benzene rings is 1. The number of aromatic nitrogens is 2. The second kappa shape index (κ2) is 6.10. The van der Waals surface area contributed by atoms with Gasteiger partial charge in [0.1, 0.15) is 5.82 Å². The van der Waals surface area contributed by atoms with E-state index >= 15 is 0 Å². The van der Waals surface area contributed by atoms with E-state index in [4.69, 9.17) is 0 Å². The first kappa shape index (κ1) is 13.2. The largest absolute Gasteiger partial charge is 0.322 e. The van der Waals surface area contributed by atoms with Crippen LogP contribution in [0.15, 0.2) is 36.5 Å². The van der Waals surface area contributed by atoms with Crippen molar-refractivity contribution < 1.29 is 9.18 Å². The Hall–Kier alpha value is -2.21. The monoisotopic (exact) mass is 262 g/mol. The Morgan fingerprint density at radius 2 is 2.16 bits per heavy atom. The third kappa shape index (κ3) is 3.89. The summed E-state index contributed by atoms with van der Waals surface area (Å²) in [6.07, 6.45) is 1.83. The van der Waals surface area contributed by atoms with Gasteiger partial charge in [-0.1, -0.05) is 12.1 Å². The molecule has 2 rings (SSSR count). The number of hydrogen-bond acceptors (Lipinski definition) is 3. The normalized spacial score (nSPS) is 10.4. The molecular weight excluding hydrogens is 247 g/mol. The Morgan fingerprint density at radius 3 is 2.84 bits per heavy atom. The molecule has 0 aliphatic rings. The average Bonchev–Trinajstić information content (AvgIpc) is 2.78. The van der Waals surface area contributed by atoms with Gasteiger partial charge in [-0.15, -0.1) is 0 Å². The first-order chi connectivity index (χ1) is 9.15. The molecule has 0 atom stereocenters. The highest BCUT2D eigenvalue weighted by Gasteiger charge is 2.06. The number of hydrogen-bond donors (Lipinski definition) is 2. The Morgan fingerprint density at radius 1 is 1.37 bits per heavy atom. The molecule has 0 saturated carbocycles. The van der Waals surface area contributed by atoms with E-state index in [9.17, 15) is 9.18 Å². The number of aryl methyl sites for hydroxylation is 1. The fourth-order valence-corrected chi connectivity index (χ4v) is 1.62. The van der Waals surface area contributed by atoms with Crippen molar-refractivity contribution in [2.45, 2.75) is 6.54 Å². The van der Waals surface area contributed by atoms with E-state index in [0.717, 1.165) is 5.69 Å². The number of rotatable bonds is 5. The molecule has 100 valence electrons. The molecular formula is C13H15FN4O. The zero-order valence-electron chi connectivity index (χ0n) is 10.6. The maximum atomic E-state index is 13.3. The second-order valence-electron chi connectivity index (χ2n) is 4.11. The standard InChI is InChI=1S/C13H15FN4O/c1-18-7-6-10(17-18)8-15-9-13(19)16-12-5-3-2-4-11(12)14/h2-7,15H,8-9H2,1H3,(H,16,19). The van der Waals surface area contributed by atoms with E-state index in [2.05, 4.69) is 15.7 Å². The summed E-state index contributed by atoms with van der Waals surface area (Å²) in [6, 6.07) is 7.93. The summed E-state index contributed by atoms with van der Waals surface area (Å²) >= 11 is 0. The lowest BCUT2D eigenvalue weighted by Gasteiger charge is -2.06. The van der Waals surface area contributed by atoms with Crippen molar-refractivity contribution in [1.82, 2.24) is 15.1 Å². The van der Waals surface area contributed by atoms with Crippen molar-refractivity contribution in [2.75, 3.05) is 11.9 Å². The van der Waals surface area contributed by atoms with Crippen LogP contribution in [-0.4, -0.2) is 22.2 Å². The van der Waals surface area contributed by atoms with Crippen LogP contribution in [0.5, 0.6) is 0 Å². The molecule has 6 heteroatoms. The molecule has 0 spiro atoms. The highest BCUT2D eigenvalue weighted by atomic mass is 19.1. The summed E-state index contributed by atoms with van der Waals surface area (Å²) in [7, 11) is 1.83. The number of amides is 1. The van der Waals surface area contributed by atoms with Gasteiger partial charge in [0.15, 0.2) is 0 Å². The van der Waals surface area contributed by atoms with Gasteiger partial charge >= 0.3 is 0 Å². The molecule has 0 fully saturated rings. The van der Waals surface area contributed by atoms with Crippen molar-refractivity contribution in [2.24, 2.45) is 7.05 Å². The zero-order chi connectivity index (χ0) is 13.7. The van der Waals surface area contributed by atoms with E-state index in [1.165, 1.54) is 12.1 Å². The van der Waals surface area contributed by atoms with Gasteiger partial charge in [-0.25, -0.2) is 4.39 Å². The maximum Gasteiger partial charge on any atom is 0.238 e. The number of nitrogens with zero attached hydrogens (tertiary/aromatic N) is 2. The smallest absolute Gasteiger partial charge is 0.238 e. The number of anilines is 1. The molecule has 1 heterocycles. The molecule has 0 saturated heterocycles. The van der Waals surface area contributed by atoms with E-state index < -0.39 is 5.82 Å². The van der Waals surface area contributed by atoms with E-state index in [0.29, 0.717) is 6.54 Å². The van der Waals surface area contributed by atoms with Crippen LogP contribution in [0.1, 0.15) is 5.69 Å². The van der Waals surface area contributed by atoms with Gasteiger partial charge in [0.25, 0.3) is 0 Å². The van der Waals surface area contributed by atoms with Gasteiger partial charge < -0.3 is 10.6 Å². The molecule has 2 N–H and O–H groups in total. The molecule has 1 amide bonds. The van der Waals surface area contributed by atoms with Crippen molar-refractivity contribution in [3.05, 3.63) is 48.0 Å². The Kier molecular flexibility index (Phi) is 4.25. The third-order valence-electron chi connectivity index (χ3n) is 2.51. The summed E-state index contributed by atoms with van der Waals surface area (Å²) in [6.45, 7) is 0.594. The van der Waals surface area contributed by atoms with Crippen LogP contribution in [0.25, 0.3) is 0 Å². The fraction of sp³-hybridized carbons (Fsp3) is 0.231. The molecule has 5 nitrogen and oxygen atoms in total. The van der Waals surface area contributed by atoms with Crippen LogP contribution in [-0.2, 0) is 18.4 Å². The highest BCUT2D eigenvalue weighted by molar-refractivity contribution is 5.92. The van der Waals surface area contributed by atoms with Crippen LogP contribution in [0.2, 0.25) is 0 Å². The van der Waals surface area contributed by atoms with Crippen molar-refractivity contribution in [1.29, 1.82) is 0 Å². The summed E-state index contributed by atoms with van der Waals surface area (Å²) in [5.41, 5.74) is 1.04. The second-order valence-corrected chi connectivity index (χ2v) is 4.11. The number of nitrogens with one attached hydrogen (secondary N) is 2. The van der Waals surface area contributed by atoms with Crippen LogP contribution in [0, 0.1) is 5.82 Å². The SMILES string of the molecule is Cn1ccc(CNCC(=O)Nc2ccccc2F)n1.